The van der Waals surface area contributed by atoms with Crippen molar-refractivity contribution >= 4 is 58.2 Å². The zero-order valence-electron chi connectivity index (χ0n) is 25.7. The van der Waals surface area contributed by atoms with Gasteiger partial charge < -0.3 is 42.4 Å². The Hall–Kier alpha value is -5.94. The van der Waals surface area contributed by atoms with Crippen LogP contribution in [0.15, 0.2) is 35.3 Å². The number of ketones is 1. The number of anilines is 2. The number of H-pyrrole nitrogens is 1. The zero-order chi connectivity index (χ0) is 34.5. The molecule has 250 valence electrons. The van der Waals surface area contributed by atoms with E-state index in [1.807, 2.05) is 0 Å². The number of carbonyl (C=O) groups is 6. The van der Waals surface area contributed by atoms with Gasteiger partial charge in [0.1, 0.15) is 0 Å². The van der Waals surface area contributed by atoms with Gasteiger partial charge in [-0.3, -0.25) is 33.6 Å². The van der Waals surface area contributed by atoms with Crippen LogP contribution in [-0.4, -0.2) is 85.6 Å². The predicted octanol–water partition coefficient (Wildman–Crippen LogP) is -1.02. The van der Waals surface area contributed by atoms with Crippen LogP contribution in [0.3, 0.4) is 0 Å². The predicted molar refractivity (Wildman–Crippen MR) is 168 cm³/mol. The van der Waals surface area contributed by atoms with E-state index in [9.17, 15) is 33.6 Å². The summed E-state index contributed by atoms with van der Waals surface area (Å²) in [5.41, 5.74) is 6.81. The number of nitrogens with zero attached hydrogens (tertiary/aromatic N) is 3. The number of benzene rings is 1. The first-order valence-corrected chi connectivity index (χ1v) is 14.5. The summed E-state index contributed by atoms with van der Waals surface area (Å²) >= 11 is 0. The van der Waals surface area contributed by atoms with Crippen LogP contribution in [0.25, 0.3) is 11.2 Å². The SMILES string of the molecule is CC(=O)C(CCC(=O)O)NC(=O)CNC(=O)CNC(=O)CC[C@@H](C)NC(=O)c1ccc(NCc2cnc3[nH]c(N)nc(=O)c3n2)cc1. The Morgan fingerprint density at radius 2 is 1.60 bits per heavy atom. The van der Waals surface area contributed by atoms with Crippen LogP contribution in [-0.2, 0) is 30.5 Å². The van der Waals surface area contributed by atoms with Gasteiger partial charge in [-0.1, -0.05) is 0 Å². The van der Waals surface area contributed by atoms with Gasteiger partial charge >= 0.3 is 11.5 Å². The number of hydrogen-bond acceptors (Lipinski definition) is 12. The molecule has 0 spiro atoms. The monoisotopic (exact) mass is 652 g/mol. The standard InChI is InChI=1S/C29H36N10O8/c1-15(3-9-21(41)32-13-22(42)33-14-23(43)37-20(16(2)40)8-10-24(44)45)35-27(46)17-4-6-18(7-5-17)31-11-19-12-34-26-25(36-19)28(47)39-29(30)38-26/h4-7,12,15,20,31H,3,8-11,13-14H2,1-2H3,(H,32,41)(H,33,42)(H,35,46)(H,37,43)(H,44,45)(H3,30,34,38,39,47)/t15-,20?/m1/s1. The van der Waals surface area contributed by atoms with E-state index >= 15 is 0 Å². The summed E-state index contributed by atoms with van der Waals surface area (Å²) in [6.45, 7) is 2.36. The van der Waals surface area contributed by atoms with Gasteiger partial charge in [-0.05, 0) is 51.0 Å². The minimum absolute atomic E-state index is 0.0227. The molecule has 2 heterocycles. The molecule has 0 radical (unpaired) electrons. The summed E-state index contributed by atoms with van der Waals surface area (Å²) in [6.07, 6.45) is 1.43. The maximum absolute atomic E-state index is 12.7. The molecule has 18 nitrogen and oxygen atoms in total. The number of carbonyl (C=O) groups excluding carboxylic acids is 5. The summed E-state index contributed by atoms with van der Waals surface area (Å²) < 4.78 is 0. The number of carboxylic acid groups (broad SMARTS) is 1. The molecule has 1 unspecified atom stereocenters. The molecule has 0 bridgehead atoms. The summed E-state index contributed by atoms with van der Waals surface area (Å²) in [5.74, 6) is -3.66. The van der Waals surface area contributed by atoms with E-state index < -0.39 is 47.6 Å². The average Bonchev–Trinajstić information content (AvgIpc) is 3.02. The second kappa shape index (κ2) is 16.9. The van der Waals surface area contributed by atoms with Gasteiger partial charge in [0, 0.05) is 30.1 Å². The van der Waals surface area contributed by atoms with Crippen LogP contribution in [0.4, 0.5) is 11.6 Å². The van der Waals surface area contributed by atoms with E-state index in [2.05, 4.69) is 46.5 Å². The molecule has 3 rings (SSSR count). The molecule has 3 aromatic rings. The fourth-order valence-corrected chi connectivity index (χ4v) is 4.12. The van der Waals surface area contributed by atoms with Crippen LogP contribution in [0.2, 0.25) is 0 Å². The fourth-order valence-electron chi connectivity index (χ4n) is 4.12. The Balaban J connectivity index is 1.34. The molecule has 1 aromatic carbocycles. The third-order valence-electron chi connectivity index (χ3n) is 6.66. The van der Waals surface area contributed by atoms with Gasteiger partial charge in [0.2, 0.25) is 23.7 Å². The van der Waals surface area contributed by atoms with E-state index in [0.717, 1.165) is 0 Å². The van der Waals surface area contributed by atoms with Crippen LogP contribution >= 0.6 is 0 Å². The van der Waals surface area contributed by atoms with Crippen LogP contribution in [0.1, 0.15) is 55.6 Å². The number of fused-ring (bicyclic) bond motifs is 1. The third-order valence-corrected chi connectivity index (χ3v) is 6.66. The Bertz CT molecular complexity index is 1690. The van der Waals surface area contributed by atoms with Crippen LogP contribution in [0.5, 0.6) is 0 Å². The minimum Gasteiger partial charge on any atom is -0.481 e. The number of nitrogen functional groups attached to an aromatic ring is 1. The first-order chi connectivity index (χ1) is 22.3. The van der Waals surface area contributed by atoms with E-state index in [1.54, 1.807) is 31.2 Å². The van der Waals surface area contributed by atoms with Gasteiger partial charge in [0.05, 0.1) is 37.6 Å². The molecule has 0 saturated heterocycles. The highest BCUT2D eigenvalue weighted by Gasteiger charge is 2.19. The van der Waals surface area contributed by atoms with Crippen molar-refractivity contribution in [1.82, 2.24) is 41.2 Å². The molecule has 0 fully saturated rings. The number of amides is 4. The number of aromatic amines is 1. The lowest BCUT2D eigenvalue weighted by Gasteiger charge is -2.15. The first-order valence-electron chi connectivity index (χ1n) is 14.5. The fraction of sp³-hybridized carbons (Fsp3) is 0.379. The second-order valence-corrected chi connectivity index (χ2v) is 10.5. The van der Waals surface area contributed by atoms with Gasteiger partial charge in [0.25, 0.3) is 5.91 Å². The van der Waals surface area contributed by atoms with E-state index in [1.165, 1.54) is 13.1 Å². The van der Waals surface area contributed by atoms with Crippen molar-refractivity contribution < 1.29 is 33.9 Å². The normalized spacial score (nSPS) is 12.0. The highest BCUT2D eigenvalue weighted by molar-refractivity contribution is 5.95. The molecule has 0 saturated carbocycles. The Morgan fingerprint density at radius 1 is 0.915 bits per heavy atom. The molecule has 18 heteroatoms. The van der Waals surface area contributed by atoms with Crippen molar-refractivity contribution in [3.63, 3.8) is 0 Å². The van der Waals surface area contributed by atoms with Crippen LogP contribution < -0.4 is 37.9 Å². The maximum atomic E-state index is 12.7. The molecule has 2 aromatic heterocycles. The lowest BCUT2D eigenvalue weighted by molar-refractivity contribution is -0.137. The number of nitrogens with one attached hydrogen (secondary N) is 6. The minimum atomic E-state index is -1.11. The van der Waals surface area contributed by atoms with Gasteiger partial charge in [-0.25, -0.2) is 9.97 Å². The molecular formula is C29H36N10O8. The van der Waals surface area contributed by atoms with Crippen molar-refractivity contribution in [3.8, 4) is 0 Å². The third kappa shape index (κ3) is 11.8. The summed E-state index contributed by atoms with van der Waals surface area (Å²) in [6, 6.07) is 5.30. The lowest BCUT2D eigenvalue weighted by atomic mass is 10.1. The summed E-state index contributed by atoms with van der Waals surface area (Å²) in [4.78, 5) is 97.8. The lowest BCUT2D eigenvalue weighted by Crippen LogP contribution is -2.46. The summed E-state index contributed by atoms with van der Waals surface area (Å²) in [7, 11) is 0. The van der Waals surface area contributed by atoms with Crippen molar-refractivity contribution in [2.45, 2.75) is 58.2 Å². The zero-order valence-corrected chi connectivity index (χ0v) is 25.7. The highest BCUT2D eigenvalue weighted by atomic mass is 16.4. The number of hydrogen-bond donors (Lipinski definition) is 8. The molecule has 0 aliphatic rings. The van der Waals surface area contributed by atoms with Gasteiger partial charge in [-0.2, -0.15) is 4.98 Å². The van der Waals surface area contributed by atoms with Crippen LogP contribution in [0, 0.1) is 0 Å². The van der Waals surface area contributed by atoms with Gasteiger partial charge in [0.15, 0.2) is 16.9 Å². The Kier molecular flexibility index (Phi) is 12.8. The number of rotatable bonds is 17. The first kappa shape index (κ1) is 35.5. The van der Waals surface area contributed by atoms with Crippen molar-refractivity contribution in [3.05, 3.63) is 52.1 Å². The molecule has 47 heavy (non-hydrogen) atoms. The highest BCUT2D eigenvalue weighted by Crippen LogP contribution is 2.12. The maximum Gasteiger partial charge on any atom is 0.303 e. The number of aliphatic carboxylic acids is 1. The quantitative estimate of drug-likeness (QED) is 0.0868. The van der Waals surface area contributed by atoms with E-state index in [4.69, 9.17) is 10.8 Å². The molecule has 0 aliphatic heterocycles. The summed E-state index contributed by atoms with van der Waals surface area (Å²) in [5, 5.41) is 21.8. The van der Waals surface area contributed by atoms with E-state index in [0.29, 0.717) is 23.4 Å². The number of nitrogens with two attached hydrogens (primary N) is 1. The number of aromatic nitrogens is 4. The second-order valence-electron chi connectivity index (χ2n) is 10.5. The van der Waals surface area contributed by atoms with E-state index in [-0.39, 0.29) is 61.4 Å². The van der Waals surface area contributed by atoms with Gasteiger partial charge in [-0.15, -0.1) is 0 Å². The largest absolute Gasteiger partial charge is 0.481 e. The molecule has 4 amide bonds. The topological polar surface area (TPSA) is 280 Å². The molecule has 2 atom stereocenters. The average molecular weight is 653 g/mol. The number of carboxylic acids is 1. The van der Waals surface area contributed by atoms with Crippen molar-refractivity contribution in [1.29, 1.82) is 0 Å². The van der Waals surface area contributed by atoms with Crippen molar-refractivity contribution in [2.75, 3.05) is 24.1 Å². The molecule has 9 N–H and O–H groups in total. The van der Waals surface area contributed by atoms with Crippen molar-refractivity contribution in [2.24, 2.45) is 0 Å². The molecule has 0 aliphatic carbocycles. The Morgan fingerprint density at radius 3 is 2.28 bits per heavy atom. The molecular weight excluding hydrogens is 616 g/mol. The Labute approximate surface area is 267 Å². The smallest absolute Gasteiger partial charge is 0.303 e. The number of Topliss-reactive ketones (excluding diaryl/α,β-unsaturated/α-hetero) is 1.